The van der Waals surface area contributed by atoms with Gasteiger partial charge in [0.15, 0.2) is 0 Å². The molecule has 0 fully saturated rings. The molecule has 41 heavy (non-hydrogen) atoms. The van der Waals surface area contributed by atoms with E-state index in [4.69, 9.17) is 14.9 Å². The molecule has 0 saturated heterocycles. The molecule has 0 aliphatic heterocycles. The topological polar surface area (TPSA) is 157 Å². The minimum Gasteiger partial charge on any atom is -0.481 e. The zero-order valence-corrected chi connectivity index (χ0v) is 22.4. The quantitative estimate of drug-likeness (QED) is 0.0904. The zero-order chi connectivity index (χ0) is 29.6. The van der Waals surface area contributed by atoms with E-state index >= 15 is 0 Å². The van der Waals surface area contributed by atoms with Gasteiger partial charge in [-0.15, -0.1) is 0 Å². The van der Waals surface area contributed by atoms with E-state index in [1.807, 2.05) is 71.6 Å². The Morgan fingerprint density at radius 3 is 2.22 bits per heavy atom. The van der Waals surface area contributed by atoms with Crippen molar-refractivity contribution in [2.24, 2.45) is 0 Å². The molecule has 11 nitrogen and oxygen atoms in total. The molecule has 2 amide bonds. The standard InChI is InChI=1S/C30H33N3O8/c34-27(14-15-28(35)36)33(40)18-4-3-17-32(19-16-29(37)38)20-22-10-12-23(13-11-22)21-41-30(39)31-26-9-5-7-24-6-1-2-8-25(24)26/h1-2,5-15,40H,3-4,16-21H2,(H,31,39)(H,35,36)(H,37,38)/b15-14+. The molecule has 0 saturated carbocycles. The second kappa shape index (κ2) is 15.8. The van der Waals surface area contributed by atoms with Crippen LogP contribution in [0.1, 0.15) is 30.4 Å². The lowest BCUT2D eigenvalue weighted by Gasteiger charge is -2.22. The van der Waals surface area contributed by atoms with E-state index < -0.39 is 23.9 Å². The van der Waals surface area contributed by atoms with Crippen LogP contribution in [0.3, 0.4) is 0 Å². The number of amides is 2. The van der Waals surface area contributed by atoms with Gasteiger partial charge in [-0.3, -0.25) is 25.0 Å². The first-order chi connectivity index (χ1) is 19.7. The molecule has 0 aromatic heterocycles. The average molecular weight is 564 g/mol. The largest absolute Gasteiger partial charge is 0.481 e. The van der Waals surface area contributed by atoms with Gasteiger partial charge in [0.05, 0.1) is 12.1 Å². The van der Waals surface area contributed by atoms with Gasteiger partial charge < -0.3 is 14.9 Å². The molecule has 0 atom stereocenters. The Labute approximate surface area is 237 Å². The fraction of sp³-hybridized carbons (Fsp3) is 0.267. The molecule has 4 N–H and O–H groups in total. The predicted octanol–water partition coefficient (Wildman–Crippen LogP) is 4.50. The lowest BCUT2D eigenvalue weighted by atomic mass is 10.1. The van der Waals surface area contributed by atoms with E-state index in [1.165, 1.54) is 0 Å². The second-order valence-electron chi connectivity index (χ2n) is 9.30. The molecule has 3 aromatic carbocycles. The lowest BCUT2D eigenvalue weighted by molar-refractivity contribution is -0.159. The maximum atomic E-state index is 12.4. The van der Waals surface area contributed by atoms with Gasteiger partial charge in [0.2, 0.25) is 0 Å². The molecular weight excluding hydrogens is 530 g/mol. The van der Waals surface area contributed by atoms with E-state index in [-0.39, 0.29) is 19.6 Å². The third kappa shape index (κ3) is 10.7. The Morgan fingerprint density at radius 2 is 1.49 bits per heavy atom. The Balaban J connectivity index is 1.47. The van der Waals surface area contributed by atoms with E-state index in [2.05, 4.69) is 5.32 Å². The van der Waals surface area contributed by atoms with Crippen LogP contribution in [-0.4, -0.2) is 69.0 Å². The van der Waals surface area contributed by atoms with Crippen molar-refractivity contribution in [2.75, 3.05) is 25.0 Å². The second-order valence-corrected chi connectivity index (χ2v) is 9.30. The summed E-state index contributed by atoms with van der Waals surface area (Å²) in [7, 11) is 0. The minimum atomic E-state index is -1.29. The van der Waals surface area contributed by atoms with Gasteiger partial charge in [-0.2, -0.15) is 0 Å². The fourth-order valence-electron chi connectivity index (χ4n) is 4.09. The van der Waals surface area contributed by atoms with Crippen molar-refractivity contribution < 1.29 is 39.3 Å². The third-order valence-corrected chi connectivity index (χ3v) is 6.18. The van der Waals surface area contributed by atoms with Gasteiger partial charge in [0, 0.05) is 37.2 Å². The Morgan fingerprint density at radius 1 is 0.805 bits per heavy atom. The Kier molecular flexibility index (Phi) is 11.8. The fourth-order valence-corrected chi connectivity index (χ4v) is 4.09. The highest BCUT2D eigenvalue weighted by Gasteiger charge is 2.12. The summed E-state index contributed by atoms with van der Waals surface area (Å²) in [6, 6.07) is 20.8. The molecule has 3 rings (SSSR count). The predicted molar refractivity (Wildman–Crippen MR) is 151 cm³/mol. The normalized spacial score (nSPS) is 11.1. The van der Waals surface area contributed by atoms with E-state index in [0.717, 1.165) is 28.0 Å². The number of benzene rings is 3. The van der Waals surface area contributed by atoms with Gasteiger partial charge >= 0.3 is 18.0 Å². The van der Waals surface area contributed by atoms with Crippen molar-refractivity contribution in [3.8, 4) is 0 Å². The van der Waals surface area contributed by atoms with Crippen LogP contribution >= 0.6 is 0 Å². The van der Waals surface area contributed by atoms with Crippen molar-refractivity contribution in [1.82, 2.24) is 9.96 Å². The number of ether oxygens (including phenoxy) is 1. The first kappa shape index (κ1) is 30.8. The van der Waals surface area contributed by atoms with Gasteiger partial charge in [0.25, 0.3) is 5.91 Å². The number of hydroxylamine groups is 2. The number of hydrogen-bond acceptors (Lipinski definition) is 7. The van der Waals surface area contributed by atoms with E-state index in [9.17, 15) is 24.4 Å². The van der Waals surface area contributed by atoms with Crippen LogP contribution in [0.4, 0.5) is 10.5 Å². The van der Waals surface area contributed by atoms with Crippen molar-refractivity contribution in [3.63, 3.8) is 0 Å². The highest BCUT2D eigenvalue weighted by molar-refractivity contribution is 6.00. The van der Waals surface area contributed by atoms with Crippen LogP contribution in [0.2, 0.25) is 0 Å². The number of carboxylic acid groups (broad SMARTS) is 2. The van der Waals surface area contributed by atoms with Crippen molar-refractivity contribution >= 4 is 40.4 Å². The third-order valence-electron chi connectivity index (χ3n) is 6.18. The highest BCUT2D eigenvalue weighted by atomic mass is 16.5. The number of unbranched alkanes of at least 4 members (excludes halogenated alkanes) is 1. The summed E-state index contributed by atoms with van der Waals surface area (Å²) < 4.78 is 5.39. The summed E-state index contributed by atoms with van der Waals surface area (Å²) in [5.41, 5.74) is 2.40. The van der Waals surface area contributed by atoms with Gasteiger partial charge in [-0.05, 0) is 42.0 Å². The number of anilines is 1. The average Bonchev–Trinajstić information content (AvgIpc) is 2.96. The molecule has 0 aliphatic rings. The first-order valence-corrected chi connectivity index (χ1v) is 13.1. The number of rotatable bonds is 15. The summed E-state index contributed by atoms with van der Waals surface area (Å²) >= 11 is 0. The number of aliphatic carboxylic acids is 2. The van der Waals surface area contributed by atoms with E-state index in [1.54, 1.807) is 0 Å². The lowest BCUT2D eigenvalue weighted by Crippen LogP contribution is -2.29. The van der Waals surface area contributed by atoms with Crippen LogP contribution in [0.5, 0.6) is 0 Å². The first-order valence-electron chi connectivity index (χ1n) is 13.1. The summed E-state index contributed by atoms with van der Waals surface area (Å²) in [5, 5.41) is 32.6. The van der Waals surface area contributed by atoms with Crippen LogP contribution in [0.25, 0.3) is 10.8 Å². The van der Waals surface area contributed by atoms with Crippen LogP contribution in [0, 0.1) is 0 Å². The number of carbonyl (C=O) groups excluding carboxylic acids is 2. The van der Waals surface area contributed by atoms with Gasteiger partial charge in [0.1, 0.15) is 6.61 Å². The molecule has 216 valence electrons. The zero-order valence-electron chi connectivity index (χ0n) is 22.4. The van der Waals surface area contributed by atoms with Crippen molar-refractivity contribution in [1.29, 1.82) is 0 Å². The number of carboxylic acids is 2. The smallest absolute Gasteiger partial charge is 0.411 e. The van der Waals surface area contributed by atoms with Gasteiger partial charge in [-0.1, -0.05) is 60.7 Å². The Hall–Kier alpha value is -4.74. The van der Waals surface area contributed by atoms with Crippen molar-refractivity contribution in [3.05, 3.63) is 90.0 Å². The van der Waals surface area contributed by atoms with Crippen LogP contribution < -0.4 is 5.32 Å². The molecule has 0 unspecified atom stereocenters. The molecule has 3 aromatic rings. The minimum absolute atomic E-state index is 0.0122. The summed E-state index contributed by atoms with van der Waals surface area (Å²) in [5.74, 6) is -3.03. The summed E-state index contributed by atoms with van der Waals surface area (Å²) in [4.78, 5) is 47.6. The highest BCUT2D eigenvalue weighted by Crippen LogP contribution is 2.23. The number of nitrogens with one attached hydrogen (secondary N) is 1. The molecule has 0 radical (unpaired) electrons. The van der Waals surface area contributed by atoms with E-state index in [0.29, 0.717) is 49.3 Å². The Bertz CT molecular complexity index is 1370. The number of nitrogens with zero attached hydrogens (tertiary/aromatic N) is 2. The maximum absolute atomic E-state index is 12.4. The number of hydrogen-bond donors (Lipinski definition) is 4. The van der Waals surface area contributed by atoms with Crippen molar-refractivity contribution in [2.45, 2.75) is 32.4 Å². The van der Waals surface area contributed by atoms with Crippen LogP contribution in [-0.2, 0) is 32.3 Å². The number of fused-ring (bicyclic) bond motifs is 1. The SMILES string of the molecule is O=C(O)/C=C/C(=O)N(O)CCCCN(CCC(=O)O)Cc1ccc(COC(=O)Nc2cccc3ccccc23)cc1. The van der Waals surface area contributed by atoms with Gasteiger partial charge in [-0.25, -0.2) is 14.7 Å². The monoisotopic (exact) mass is 563 g/mol. The maximum Gasteiger partial charge on any atom is 0.411 e. The van der Waals surface area contributed by atoms with Crippen LogP contribution in [0.15, 0.2) is 78.9 Å². The molecule has 0 spiro atoms. The summed E-state index contributed by atoms with van der Waals surface area (Å²) in [6.07, 6.45) is 1.83. The molecular formula is C30H33N3O8. The molecule has 0 heterocycles. The summed E-state index contributed by atoms with van der Waals surface area (Å²) in [6.45, 7) is 1.42. The molecule has 0 aliphatic carbocycles. The molecule has 0 bridgehead atoms. The number of carbonyl (C=O) groups is 4. The molecule has 11 heteroatoms.